The van der Waals surface area contributed by atoms with Gasteiger partial charge in [-0.2, -0.15) is 31.7 Å². The number of hydrogen-bond donors (Lipinski definition) is 3. The third-order valence-corrected chi connectivity index (χ3v) is 11.1. The molecule has 1 aromatic heterocycles. The van der Waals surface area contributed by atoms with Crippen molar-refractivity contribution >= 4 is 39.4 Å². The molecule has 1 saturated carbocycles. The van der Waals surface area contributed by atoms with Crippen LogP contribution in [0.4, 0.5) is 35.5 Å². The van der Waals surface area contributed by atoms with Gasteiger partial charge in [-0.05, 0) is 72.4 Å². The first-order valence-electron chi connectivity index (χ1n) is 17.4. The van der Waals surface area contributed by atoms with Crippen LogP contribution in [0.2, 0.25) is 5.02 Å². The average molecular weight is 860 g/mol. The second-order valence-electron chi connectivity index (χ2n) is 14.2. The molecule has 2 amide bonds. The van der Waals surface area contributed by atoms with E-state index in [-0.39, 0.29) is 44.1 Å². The molecule has 0 saturated heterocycles. The van der Waals surface area contributed by atoms with Crippen LogP contribution in [-0.2, 0) is 14.6 Å². The summed E-state index contributed by atoms with van der Waals surface area (Å²) < 4.78 is 126. The van der Waals surface area contributed by atoms with Gasteiger partial charge in [0.25, 0.3) is 12.3 Å². The van der Waals surface area contributed by atoms with E-state index in [2.05, 4.69) is 20.7 Å². The lowest BCUT2D eigenvalue weighted by atomic mass is 9.88. The monoisotopic (exact) mass is 859 g/mol. The maximum absolute atomic E-state index is 14.5. The summed E-state index contributed by atoms with van der Waals surface area (Å²) >= 11 is 6.40. The van der Waals surface area contributed by atoms with Gasteiger partial charge in [-0.25, -0.2) is 27.0 Å². The van der Waals surface area contributed by atoms with E-state index in [0.29, 0.717) is 11.1 Å². The van der Waals surface area contributed by atoms with Crippen LogP contribution in [0, 0.1) is 10.8 Å². The molecule has 1 fully saturated rings. The molecule has 12 nitrogen and oxygen atoms in total. The minimum absolute atomic E-state index is 0.0101. The Kier molecular flexibility index (Phi) is 12.8. The summed E-state index contributed by atoms with van der Waals surface area (Å²) in [5.74, 6) is -2.14. The van der Waals surface area contributed by atoms with Crippen LogP contribution in [0.3, 0.4) is 0 Å². The molecule has 3 aromatic carbocycles. The van der Waals surface area contributed by atoms with Crippen molar-refractivity contribution in [2.45, 2.75) is 68.7 Å². The number of nitrogens with one attached hydrogen (secondary N) is 3. The van der Waals surface area contributed by atoms with Crippen molar-refractivity contribution in [3.05, 3.63) is 89.2 Å². The van der Waals surface area contributed by atoms with Crippen LogP contribution in [-0.4, -0.2) is 83.6 Å². The minimum atomic E-state index is -4.63. The summed E-state index contributed by atoms with van der Waals surface area (Å²) in [7, 11) is -3.48. The Bertz CT molecular complexity index is 2250. The van der Waals surface area contributed by atoms with E-state index < -0.39 is 89.3 Å². The first kappa shape index (κ1) is 43.9. The number of alkyl carbamates (subject to hydrolysis) is 1. The topological polar surface area (TPSA) is 159 Å². The van der Waals surface area contributed by atoms with E-state index in [4.69, 9.17) is 21.7 Å². The number of aromatic nitrogens is 3. The van der Waals surface area contributed by atoms with Crippen LogP contribution >= 0.6 is 11.6 Å². The number of ether oxygens (including phenoxy) is 1. The summed E-state index contributed by atoms with van der Waals surface area (Å²) in [5, 5.41) is 17.0. The summed E-state index contributed by atoms with van der Waals surface area (Å²) in [6.07, 6.45) is -7.61. The van der Waals surface area contributed by atoms with Gasteiger partial charge in [0, 0.05) is 23.9 Å². The molecule has 0 radical (unpaired) electrons. The lowest BCUT2D eigenvalue weighted by molar-refractivity contribution is -0.213. The molecule has 1 heterocycles. The number of alkyl halides is 7. The number of benzene rings is 3. The van der Waals surface area contributed by atoms with Gasteiger partial charge in [-0.3, -0.25) is 15.1 Å². The van der Waals surface area contributed by atoms with E-state index in [1.165, 1.54) is 54.6 Å². The molecule has 4 aromatic rings. The largest absolute Gasteiger partial charge is 0.447 e. The normalized spacial score (nSPS) is 14.6. The van der Waals surface area contributed by atoms with Crippen LogP contribution in [0.1, 0.15) is 61.6 Å². The predicted molar refractivity (Wildman–Crippen MR) is 198 cm³/mol. The highest BCUT2D eigenvalue weighted by Gasteiger charge is 2.53. The summed E-state index contributed by atoms with van der Waals surface area (Å²) in [6.45, 7) is -2.59. The van der Waals surface area contributed by atoms with Crippen LogP contribution in [0.5, 0.6) is 0 Å². The molecule has 5 rings (SSSR count). The van der Waals surface area contributed by atoms with Gasteiger partial charge in [0.05, 0.1) is 21.4 Å². The molecule has 1 aliphatic carbocycles. The average Bonchev–Trinajstić information content (AvgIpc) is 3.77. The van der Waals surface area contributed by atoms with Crippen molar-refractivity contribution in [1.29, 1.82) is 5.41 Å². The van der Waals surface area contributed by atoms with Gasteiger partial charge in [0.2, 0.25) is 0 Å². The van der Waals surface area contributed by atoms with Crippen molar-refractivity contribution in [1.82, 2.24) is 30.3 Å². The zero-order chi connectivity index (χ0) is 42.8. The van der Waals surface area contributed by atoms with Gasteiger partial charge in [0.1, 0.15) is 18.5 Å². The smallest absolute Gasteiger partial charge is 0.407 e. The molecule has 3 N–H and O–H groups in total. The first-order chi connectivity index (χ1) is 27.0. The lowest BCUT2D eigenvalue weighted by Gasteiger charge is -2.34. The number of hydrogen-bond acceptors (Lipinski definition) is 8. The fraction of sp³-hybridized carbons (Fsp3) is 0.378. The summed E-state index contributed by atoms with van der Waals surface area (Å²) in [4.78, 5) is 32.1. The molecule has 0 spiro atoms. The second-order valence-corrected chi connectivity index (χ2v) is 16.6. The van der Waals surface area contributed by atoms with Crippen LogP contribution < -0.4 is 10.6 Å². The zero-order valence-corrected chi connectivity index (χ0v) is 32.5. The minimum Gasteiger partial charge on any atom is -0.447 e. The maximum Gasteiger partial charge on any atom is 0.407 e. The standard InChI is InChI=1S/C37H37ClF7N7O5S/c1-35(2,37(43,44)45)16-17-47-33(46)51(30(53)23-6-4-21(5-7-23)22-8-11-25(12-9-22)58(3,55)56)28(19-57-34(54)50-36(14-15-36)31(39)40)24-10-13-27(38)26(18-24)29-48-20-49-52(29)32(41)42/h4-13,18,20,28,31-32H,14-17,19H2,1-3H3,(H2,46,47)(H,50,54)/t28-/m1/s1. The molecule has 0 aliphatic heterocycles. The number of guanidine groups is 1. The molecular formula is C37H37ClF7N7O5S. The quantitative estimate of drug-likeness (QED) is 0.0650. The van der Waals surface area contributed by atoms with Gasteiger partial charge in [-0.15, -0.1) is 0 Å². The number of rotatable bonds is 14. The Morgan fingerprint density at radius 3 is 2.14 bits per heavy atom. The van der Waals surface area contributed by atoms with Crippen LogP contribution in [0.25, 0.3) is 22.5 Å². The highest BCUT2D eigenvalue weighted by Crippen LogP contribution is 2.42. The second kappa shape index (κ2) is 16.9. The van der Waals surface area contributed by atoms with Crippen molar-refractivity contribution in [2.75, 3.05) is 19.4 Å². The molecule has 21 heteroatoms. The van der Waals surface area contributed by atoms with Crippen molar-refractivity contribution in [3.8, 4) is 22.5 Å². The fourth-order valence-corrected chi connectivity index (χ4v) is 6.54. The molecule has 0 unspecified atom stereocenters. The van der Waals surface area contributed by atoms with Gasteiger partial charge < -0.3 is 15.4 Å². The summed E-state index contributed by atoms with van der Waals surface area (Å²) in [6, 6.07) is 13.8. The third-order valence-electron chi connectivity index (χ3n) is 9.63. The van der Waals surface area contributed by atoms with E-state index in [9.17, 15) is 48.7 Å². The first-order valence-corrected chi connectivity index (χ1v) is 19.7. The SMILES string of the molecule is CC(C)(CCNC(=N)N(C(=O)c1ccc(-c2ccc(S(C)(=O)=O)cc2)cc1)[C@H](COC(=O)NC1(C(F)F)CC1)c1ccc(Cl)c(-c2ncnn2C(F)F)c1)C(F)(F)F. The van der Waals surface area contributed by atoms with E-state index >= 15 is 0 Å². The van der Waals surface area contributed by atoms with Gasteiger partial charge in [0.15, 0.2) is 21.6 Å². The van der Waals surface area contributed by atoms with E-state index in [0.717, 1.165) is 31.3 Å². The lowest BCUT2D eigenvalue weighted by Crippen LogP contribution is -2.49. The Hall–Kier alpha value is -5.24. The van der Waals surface area contributed by atoms with Crippen molar-refractivity contribution in [3.63, 3.8) is 0 Å². The molecule has 58 heavy (non-hydrogen) atoms. The van der Waals surface area contributed by atoms with Gasteiger partial charge in [-0.1, -0.05) is 55.8 Å². The van der Waals surface area contributed by atoms with Crippen molar-refractivity contribution in [2.24, 2.45) is 5.41 Å². The highest BCUT2D eigenvalue weighted by atomic mass is 35.5. The highest BCUT2D eigenvalue weighted by molar-refractivity contribution is 7.90. The Balaban J connectivity index is 1.57. The molecular weight excluding hydrogens is 823 g/mol. The number of carbonyl (C=O) groups excluding carboxylic acids is 2. The number of carbonyl (C=O) groups is 2. The van der Waals surface area contributed by atoms with Gasteiger partial charge >= 0.3 is 18.8 Å². The third kappa shape index (κ3) is 9.88. The molecule has 0 bridgehead atoms. The number of amides is 2. The molecule has 312 valence electrons. The zero-order valence-electron chi connectivity index (χ0n) is 31.0. The Labute approximate surface area is 333 Å². The number of sulfone groups is 1. The van der Waals surface area contributed by atoms with Crippen LogP contribution in [0.15, 0.2) is 78.0 Å². The van der Waals surface area contributed by atoms with E-state index in [1.54, 1.807) is 12.1 Å². The fourth-order valence-electron chi connectivity index (χ4n) is 5.71. The summed E-state index contributed by atoms with van der Waals surface area (Å²) in [5.41, 5.74) is -3.17. The van der Waals surface area contributed by atoms with E-state index in [1.807, 2.05) is 0 Å². The molecule has 1 aliphatic rings. The Morgan fingerprint density at radius 2 is 1.60 bits per heavy atom. The Morgan fingerprint density at radius 1 is 1.00 bits per heavy atom. The predicted octanol–water partition coefficient (Wildman–Crippen LogP) is 8.27. The van der Waals surface area contributed by atoms with Crippen molar-refractivity contribution < 1.29 is 53.5 Å². The maximum atomic E-state index is 14.5. The molecule has 1 atom stereocenters. The number of halogens is 8. The number of nitrogens with zero attached hydrogens (tertiary/aromatic N) is 4.